The Balaban J connectivity index is 0.00000484. The van der Waals surface area contributed by atoms with Gasteiger partial charge in [0, 0.05) is 14.3 Å². The molecule has 0 unspecified atom stereocenters. The molecule has 1 saturated heterocycles. The number of ether oxygens (including phenoxy) is 1. The summed E-state index contributed by atoms with van der Waals surface area (Å²) < 4.78 is 5.08. The maximum absolute atomic E-state index is 12.1. The van der Waals surface area contributed by atoms with E-state index in [4.69, 9.17) is 9.57 Å². The van der Waals surface area contributed by atoms with E-state index in [2.05, 4.69) is 5.32 Å². The minimum absolute atomic E-state index is 0. The molecule has 1 atom stereocenters. The fourth-order valence-electron chi connectivity index (χ4n) is 1.74. The van der Waals surface area contributed by atoms with Crippen LogP contribution >= 0.6 is 0 Å². The molecule has 8 heteroatoms. The molecule has 8 nitrogen and oxygen atoms in total. The molecule has 1 fully saturated rings. The number of amides is 3. The molecule has 0 aliphatic carbocycles. The van der Waals surface area contributed by atoms with Crippen molar-refractivity contribution in [3.05, 3.63) is 0 Å². The lowest BCUT2D eigenvalue weighted by atomic mass is 10.1. The van der Waals surface area contributed by atoms with Gasteiger partial charge >= 0.3 is 12.1 Å². The summed E-state index contributed by atoms with van der Waals surface area (Å²) in [6, 6.07) is -1.03. The SMILES string of the molecule is CC(C)[C@H](NC(=O)OC(C)(C)C)C(=O)ON1C(=O)CCC1=O.[HH]. The fraction of sp³-hybridized carbons (Fsp3) is 0.714. The average Bonchev–Trinajstić information content (AvgIpc) is 2.65. The van der Waals surface area contributed by atoms with Crippen molar-refractivity contribution in [2.45, 2.75) is 59.1 Å². The molecular formula is C14H24N2O6. The quantitative estimate of drug-likeness (QED) is 0.786. The Morgan fingerprint density at radius 3 is 2.09 bits per heavy atom. The molecule has 1 heterocycles. The van der Waals surface area contributed by atoms with E-state index >= 15 is 0 Å². The molecular weight excluding hydrogens is 292 g/mol. The van der Waals surface area contributed by atoms with Gasteiger partial charge in [-0.25, -0.2) is 9.59 Å². The first-order valence-electron chi connectivity index (χ1n) is 7.08. The van der Waals surface area contributed by atoms with Crippen molar-refractivity contribution in [3.63, 3.8) is 0 Å². The van der Waals surface area contributed by atoms with E-state index in [0.717, 1.165) is 0 Å². The Kier molecular flexibility index (Phi) is 5.51. The lowest BCUT2D eigenvalue weighted by molar-refractivity contribution is -0.199. The van der Waals surface area contributed by atoms with Crippen LogP contribution < -0.4 is 5.32 Å². The summed E-state index contributed by atoms with van der Waals surface area (Å²) in [5, 5.41) is 2.84. The molecule has 0 aromatic carbocycles. The summed E-state index contributed by atoms with van der Waals surface area (Å²) in [6.07, 6.45) is -0.752. The van der Waals surface area contributed by atoms with Gasteiger partial charge < -0.3 is 14.9 Å². The topological polar surface area (TPSA) is 102 Å². The molecule has 0 bridgehead atoms. The smallest absolute Gasteiger partial charge is 0.408 e. The lowest BCUT2D eigenvalue weighted by Crippen LogP contribution is -2.49. The van der Waals surface area contributed by atoms with Gasteiger partial charge in [0.15, 0.2) is 0 Å². The second kappa shape index (κ2) is 6.76. The van der Waals surface area contributed by atoms with Crippen LogP contribution in [0.2, 0.25) is 0 Å². The van der Waals surface area contributed by atoms with Crippen molar-refractivity contribution >= 4 is 23.9 Å². The molecule has 3 amide bonds. The predicted octanol–water partition coefficient (Wildman–Crippen LogP) is 1.39. The van der Waals surface area contributed by atoms with Gasteiger partial charge in [-0.05, 0) is 26.7 Å². The van der Waals surface area contributed by atoms with E-state index in [1.54, 1.807) is 34.6 Å². The van der Waals surface area contributed by atoms with Crippen LogP contribution in [-0.4, -0.2) is 40.6 Å². The van der Waals surface area contributed by atoms with Gasteiger partial charge in [0.1, 0.15) is 11.6 Å². The summed E-state index contributed by atoms with van der Waals surface area (Å²) in [5.41, 5.74) is -0.712. The van der Waals surface area contributed by atoms with Gasteiger partial charge in [0.25, 0.3) is 11.8 Å². The van der Waals surface area contributed by atoms with Crippen molar-refractivity contribution < 1.29 is 30.2 Å². The Morgan fingerprint density at radius 2 is 1.68 bits per heavy atom. The Hall–Kier alpha value is -2.12. The average molecular weight is 316 g/mol. The molecule has 0 aromatic heterocycles. The summed E-state index contributed by atoms with van der Waals surface area (Å²) in [4.78, 5) is 51.5. The van der Waals surface area contributed by atoms with E-state index in [9.17, 15) is 19.2 Å². The molecule has 1 rings (SSSR count). The van der Waals surface area contributed by atoms with Crippen molar-refractivity contribution in [1.29, 1.82) is 0 Å². The molecule has 22 heavy (non-hydrogen) atoms. The number of nitrogens with one attached hydrogen (secondary N) is 1. The molecule has 1 aliphatic heterocycles. The lowest BCUT2D eigenvalue weighted by Gasteiger charge is -2.25. The second-order valence-electron chi connectivity index (χ2n) is 6.36. The summed E-state index contributed by atoms with van der Waals surface area (Å²) in [6.45, 7) is 8.46. The van der Waals surface area contributed by atoms with Gasteiger partial charge in [-0.2, -0.15) is 0 Å². The van der Waals surface area contributed by atoms with Crippen LogP contribution in [0, 0.1) is 5.92 Å². The molecule has 126 valence electrons. The van der Waals surface area contributed by atoms with Crippen LogP contribution in [0.4, 0.5) is 4.79 Å². The number of imide groups is 1. The maximum atomic E-state index is 12.1. The Morgan fingerprint density at radius 1 is 1.18 bits per heavy atom. The highest BCUT2D eigenvalue weighted by atomic mass is 16.7. The first-order valence-corrected chi connectivity index (χ1v) is 7.08. The number of nitrogens with zero attached hydrogens (tertiary/aromatic N) is 1. The van der Waals surface area contributed by atoms with E-state index in [0.29, 0.717) is 5.06 Å². The number of rotatable bonds is 4. The van der Waals surface area contributed by atoms with Crippen LogP contribution in [0.1, 0.15) is 48.9 Å². The zero-order valence-corrected chi connectivity index (χ0v) is 13.5. The van der Waals surface area contributed by atoms with Crippen molar-refractivity contribution in [3.8, 4) is 0 Å². The Labute approximate surface area is 130 Å². The molecule has 1 aliphatic rings. The van der Waals surface area contributed by atoms with Gasteiger partial charge in [0.05, 0.1) is 0 Å². The Bertz CT molecular complexity index is 470. The first kappa shape index (κ1) is 17.9. The third-order valence-electron chi connectivity index (χ3n) is 2.78. The molecule has 0 radical (unpaired) electrons. The van der Waals surface area contributed by atoms with Crippen LogP contribution in [-0.2, 0) is 24.0 Å². The number of carbonyl (C=O) groups is 4. The van der Waals surface area contributed by atoms with Gasteiger partial charge in [-0.15, -0.1) is 5.06 Å². The number of hydrogen-bond donors (Lipinski definition) is 1. The van der Waals surface area contributed by atoms with Crippen molar-refractivity contribution in [2.24, 2.45) is 5.92 Å². The number of alkyl carbamates (subject to hydrolysis) is 1. The monoisotopic (exact) mass is 316 g/mol. The van der Waals surface area contributed by atoms with E-state index in [1.807, 2.05) is 0 Å². The fourth-order valence-corrected chi connectivity index (χ4v) is 1.74. The van der Waals surface area contributed by atoms with Gasteiger partial charge in [-0.3, -0.25) is 9.59 Å². The zero-order valence-electron chi connectivity index (χ0n) is 13.5. The standard InChI is InChI=1S/C14H22N2O6.H2/c1-8(2)11(15-13(20)21-14(3,4)5)12(19)22-16-9(17)6-7-10(16)18;/h8,11H,6-7H2,1-5H3,(H,15,20);1H/t11-;/m0./s1. The molecule has 1 N–H and O–H groups in total. The molecule has 0 saturated carbocycles. The van der Waals surface area contributed by atoms with Crippen LogP contribution in [0.15, 0.2) is 0 Å². The summed E-state index contributed by atoms with van der Waals surface area (Å²) >= 11 is 0. The van der Waals surface area contributed by atoms with Crippen LogP contribution in [0.5, 0.6) is 0 Å². The van der Waals surface area contributed by atoms with Crippen molar-refractivity contribution in [2.75, 3.05) is 0 Å². The normalized spacial score (nSPS) is 16.7. The number of carbonyl (C=O) groups excluding carboxylic acids is 4. The summed E-state index contributed by atoms with van der Waals surface area (Å²) in [7, 11) is 0. The largest absolute Gasteiger partial charge is 0.444 e. The summed E-state index contributed by atoms with van der Waals surface area (Å²) in [5.74, 6) is -2.34. The highest BCUT2D eigenvalue weighted by Crippen LogP contribution is 2.15. The van der Waals surface area contributed by atoms with Crippen LogP contribution in [0.25, 0.3) is 0 Å². The van der Waals surface area contributed by atoms with Gasteiger partial charge in [-0.1, -0.05) is 13.8 Å². The highest BCUT2D eigenvalue weighted by molar-refractivity contribution is 6.01. The minimum atomic E-state index is -1.03. The van der Waals surface area contributed by atoms with E-state index in [-0.39, 0.29) is 20.2 Å². The molecule has 0 spiro atoms. The zero-order chi connectivity index (χ0) is 17.1. The van der Waals surface area contributed by atoms with E-state index < -0.39 is 35.5 Å². The van der Waals surface area contributed by atoms with Crippen LogP contribution in [0.3, 0.4) is 0 Å². The maximum Gasteiger partial charge on any atom is 0.408 e. The predicted molar refractivity (Wildman–Crippen MR) is 77.3 cm³/mol. The number of hydroxylamine groups is 2. The highest BCUT2D eigenvalue weighted by Gasteiger charge is 2.36. The number of hydrogen-bond acceptors (Lipinski definition) is 6. The third-order valence-corrected chi connectivity index (χ3v) is 2.78. The first-order chi connectivity index (χ1) is 10.0. The van der Waals surface area contributed by atoms with Gasteiger partial charge in [0.2, 0.25) is 0 Å². The van der Waals surface area contributed by atoms with Crippen molar-refractivity contribution in [1.82, 2.24) is 10.4 Å². The second-order valence-corrected chi connectivity index (χ2v) is 6.36. The minimum Gasteiger partial charge on any atom is -0.444 e. The molecule has 0 aromatic rings. The van der Waals surface area contributed by atoms with E-state index in [1.165, 1.54) is 0 Å². The third kappa shape index (κ3) is 5.01.